The van der Waals surface area contributed by atoms with Crippen molar-refractivity contribution in [3.63, 3.8) is 0 Å². The van der Waals surface area contributed by atoms with Crippen LogP contribution < -0.4 is 5.56 Å². The summed E-state index contributed by atoms with van der Waals surface area (Å²) < 4.78 is 14.8. The van der Waals surface area contributed by atoms with E-state index in [4.69, 9.17) is 11.6 Å². The topological polar surface area (TPSA) is 63.6 Å². The summed E-state index contributed by atoms with van der Waals surface area (Å²) in [5.41, 5.74) is 0.520. The molecule has 0 aliphatic carbocycles. The Balaban J connectivity index is 2.29. The molecular formula is C11H6ClFN4O. The average Bonchev–Trinajstić information content (AvgIpc) is 2.78. The Kier molecular flexibility index (Phi) is 2.38. The number of aromatic nitrogens is 4. The molecule has 0 atom stereocenters. The average molecular weight is 265 g/mol. The molecule has 7 heteroatoms. The molecule has 3 aromatic rings. The standard InChI is InChI=1S/C11H6ClFN4O/c12-8-2-1-6(3-9(8)13)17-10-7(4-16-17)11(18)15-5-14-10/h1-5H,(H,14,15,18). The van der Waals surface area contributed by atoms with Crippen LogP contribution in [0.4, 0.5) is 4.39 Å². The molecular weight excluding hydrogens is 259 g/mol. The largest absolute Gasteiger partial charge is 0.312 e. The number of fused-ring (bicyclic) bond motifs is 1. The normalized spacial score (nSPS) is 11.0. The molecule has 1 aromatic carbocycles. The molecule has 0 bridgehead atoms. The van der Waals surface area contributed by atoms with Crippen molar-refractivity contribution in [2.24, 2.45) is 0 Å². The maximum absolute atomic E-state index is 13.4. The van der Waals surface area contributed by atoms with Crippen molar-refractivity contribution in [2.45, 2.75) is 0 Å². The van der Waals surface area contributed by atoms with Crippen molar-refractivity contribution in [1.29, 1.82) is 0 Å². The lowest BCUT2D eigenvalue weighted by Crippen LogP contribution is -2.06. The number of nitrogens with one attached hydrogen (secondary N) is 1. The molecule has 90 valence electrons. The Labute approximate surface area is 105 Å². The lowest BCUT2D eigenvalue weighted by atomic mass is 10.3. The van der Waals surface area contributed by atoms with Crippen LogP contribution in [0.15, 0.2) is 35.5 Å². The number of H-pyrrole nitrogens is 1. The van der Waals surface area contributed by atoms with Gasteiger partial charge in [0.15, 0.2) is 5.65 Å². The highest BCUT2D eigenvalue weighted by Gasteiger charge is 2.10. The second-order valence-corrected chi connectivity index (χ2v) is 4.03. The predicted octanol–water partition coefficient (Wildman–Crippen LogP) is 1.90. The van der Waals surface area contributed by atoms with Crippen molar-refractivity contribution in [3.8, 4) is 5.69 Å². The Bertz CT molecular complexity index is 795. The molecule has 0 saturated heterocycles. The van der Waals surface area contributed by atoms with Gasteiger partial charge in [-0.05, 0) is 12.1 Å². The molecule has 0 unspecified atom stereocenters. The number of hydrogen-bond donors (Lipinski definition) is 1. The van der Waals surface area contributed by atoms with Gasteiger partial charge in [0.1, 0.15) is 11.2 Å². The van der Waals surface area contributed by atoms with Gasteiger partial charge in [-0.1, -0.05) is 11.6 Å². The molecule has 3 rings (SSSR count). The molecule has 2 heterocycles. The molecule has 0 saturated carbocycles. The Hall–Kier alpha value is -2.21. The second kappa shape index (κ2) is 3.92. The van der Waals surface area contributed by atoms with Crippen LogP contribution >= 0.6 is 11.6 Å². The van der Waals surface area contributed by atoms with E-state index in [9.17, 15) is 9.18 Å². The lowest BCUT2D eigenvalue weighted by Gasteiger charge is -2.03. The van der Waals surface area contributed by atoms with Crippen LogP contribution in [0.2, 0.25) is 5.02 Å². The fourth-order valence-corrected chi connectivity index (χ4v) is 1.78. The van der Waals surface area contributed by atoms with Crippen molar-refractivity contribution in [1.82, 2.24) is 19.7 Å². The lowest BCUT2D eigenvalue weighted by molar-refractivity contribution is 0.626. The van der Waals surface area contributed by atoms with Gasteiger partial charge in [-0.25, -0.2) is 14.1 Å². The van der Waals surface area contributed by atoms with Gasteiger partial charge in [0.2, 0.25) is 0 Å². The SMILES string of the molecule is O=c1[nH]cnc2c1cnn2-c1ccc(Cl)c(F)c1. The summed E-state index contributed by atoms with van der Waals surface area (Å²) in [4.78, 5) is 18.0. The fourth-order valence-electron chi connectivity index (χ4n) is 1.66. The Morgan fingerprint density at radius 3 is 3.00 bits per heavy atom. The molecule has 5 nitrogen and oxygen atoms in total. The minimum Gasteiger partial charge on any atom is -0.312 e. The smallest absolute Gasteiger partial charge is 0.261 e. The third-order valence-electron chi connectivity index (χ3n) is 2.52. The van der Waals surface area contributed by atoms with Gasteiger partial charge in [0.25, 0.3) is 5.56 Å². The highest BCUT2D eigenvalue weighted by atomic mass is 35.5. The van der Waals surface area contributed by atoms with Gasteiger partial charge < -0.3 is 4.98 Å². The number of rotatable bonds is 1. The quantitative estimate of drug-likeness (QED) is 0.730. The number of aromatic amines is 1. The third kappa shape index (κ3) is 1.58. The third-order valence-corrected chi connectivity index (χ3v) is 2.83. The van der Waals surface area contributed by atoms with E-state index in [-0.39, 0.29) is 10.6 Å². The van der Waals surface area contributed by atoms with Gasteiger partial charge >= 0.3 is 0 Å². The minimum atomic E-state index is -0.553. The fraction of sp³-hybridized carbons (Fsp3) is 0. The summed E-state index contributed by atoms with van der Waals surface area (Å²) in [5, 5.41) is 4.39. The van der Waals surface area contributed by atoms with Crippen LogP contribution in [0.1, 0.15) is 0 Å². The molecule has 0 fully saturated rings. The van der Waals surface area contributed by atoms with E-state index in [1.54, 1.807) is 6.07 Å². The molecule has 2 aromatic heterocycles. The minimum absolute atomic E-state index is 0.0287. The highest BCUT2D eigenvalue weighted by molar-refractivity contribution is 6.30. The first kappa shape index (κ1) is 10.9. The van der Waals surface area contributed by atoms with Crippen LogP contribution in [-0.4, -0.2) is 19.7 Å². The van der Waals surface area contributed by atoms with E-state index < -0.39 is 5.82 Å². The number of nitrogens with zero attached hydrogens (tertiary/aromatic N) is 3. The van der Waals surface area contributed by atoms with E-state index in [1.165, 1.54) is 29.3 Å². The van der Waals surface area contributed by atoms with E-state index in [2.05, 4.69) is 15.1 Å². The molecule has 0 amide bonds. The van der Waals surface area contributed by atoms with E-state index in [0.29, 0.717) is 16.7 Å². The molecule has 18 heavy (non-hydrogen) atoms. The zero-order chi connectivity index (χ0) is 12.7. The Morgan fingerprint density at radius 2 is 2.22 bits per heavy atom. The number of halogens is 2. The summed E-state index contributed by atoms with van der Waals surface area (Å²) in [6, 6.07) is 4.26. The number of benzene rings is 1. The summed E-state index contributed by atoms with van der Waals surface area (Å²) in [6.45, 7) is 0. The van der Waals surface area contributed by atoms with Gasteiger partial charge in [-0.2, -0.15) is 5.10 Å². The van der Waals surface area contributed by atoms with Crippen LogP contribution in [0, 0.1) is 5.82 Å². The van der Waals surface area contributed by atoms with Crippen molar-refractivity contribution in [3.05, 3.63) is 51.9 Å². The summed E-state index contributed by atoms with van der Waals surface area (Å²) >= 11 is 5.61. The van der Waals surface area contributed by atoms with E-state index >= 15 is 0 Å². The summed E-state index contributed by atoms with van der Waals surface area (Å²) in [5.74, 6) is -0.553. The van der Waals surface area contributed by atoms with Crippen LogP contribution in [0.5, 0.6) is 0 Å². The predicted molar refractivity (Wildman–Crippen MR) is 64.5 cm³/mol. The first-order chi connectivity index (χ1) is 8.66. The van der Waals surface area contributed by atoms with Gasteiger partial charge in [0, 0.05) is 6.07 Å². The summed E-state index contributed by atoms with van der Waals surface area (Å²) in [7, 11) is 0. The van der Waals surface area contributed by atoms with Crippen molar-refractivity contribution in [2.75, 3.05) is 0 Å². The molecule has 0 aliphatic heterocycles. The molecule has 0 spiro atoms. The van der Waals surface area contributed by atoms with E-state index in [1.807, 2.05) is 0 Å². The first-order valence-electron chi connectivity index (χ1n) is 5.03. The zero-order valence-electron chi connectivity index (χ0n) is 8.89. The van der Waals surface area contributed by atoms with Gasteiger partial charge in [-0.3, -0.25) is 4.79 Å². The zero-order valence-corrected chi connectivity index (χ0v) is 9.65. The van der Waals surface area contributed by atoms with Crippen LogP contribution in [-0.2, 0) is 0 Å². The first-order valence-corrected chi connectivity index (χ1v) is 5.41. The van der Waals surface area contributed by atoms with Crippen molar-refractivity contribution >= 4 is 22.6 Å². The van der Waals surface area contributed by atoms with E-state index in [0.717, 1.165) is 0 Å². The van der Waals surface area contributed by atoms with Gasteiger partial charge in [-0.15, -0.1) is 0 Å². The highest BCUT2D eigenvalue weighted by Crippen LogP contribution is 2.19. The van der Waals surface area contributed by atoms with Gasteiger partial charge in [0.05, 0.1) is 23.2 Å². The monoisotopic (exact) mass is 264 g/mol. The summed E-state index contributed by atoms with van der Waals surface area (Å²) in [6.07, 6.45) is 2.66. The van der Waals surface area contributed by atoms with Crippen LogP contribution in [0.25, 0.3) is 16.7 Å². The van der Waals surface area contributed by atoms with Crippen molar-refractivity contribution < 1.29 is 4.39 Å². The number of hydrogen-bond acceptors (Lipinski definition) is 3. The van der Waals surface area contributed by atoms with Crippen LogP contribution in [0.3, 0.4) is 0 Å². The molecule has 1 N–H and O–H groups in total. The maximum Gasteiger partial charge on any atom is 0.261 e. The molecule has 0 aliphatic rings. The second-order valence-electron chi connectivity index (χ2n) is 3.62. The molecule has 0 radical (unpaired) electrons. The maximum atomic E-state index is 13.4. The Morgan fingerprint density at radius 1 is 1.39 bits per heavy atom.